The third kappa shape index (κ3) is 4.56. The van der Waals surface area contributed by atoms with Crippen molar-refractivity contribution in [3.63, 3.8) is 0 Å². The Morgan fingerprint density at radius 3 is 1.35 bits per heavy atom. The lowest BCUT2D eigenvalue weighted by Gasteiger charge is -2.19. The fourth-order valence-electron chi connectivity index (χ4n) is 4.31. The lowest BCUT2D eigenvalue weighted by atomic mass is 9.86. The van der Waals surface area contributed by atoms with Gasteiger partial charge in [-0.3, -0.25) is 0 Å². The molecule has 0 aliphatic carbocycles. The summed E-state index contributed by atoms with van der Waals surface area (Å²) in [6.07, 6.45) is 0. The van der Waals surface area contributed by atoms with Gasteiger partial charge < -0.3 is 5.11 Å². The third-order valence-corrected chi connectivity index (χ3v) is 6.55. The summed E-state index contributed by atoms with van der Waals surface area (Å²) in [6.45, 7) is 6.63. The van der Waals surface area contributed by atoms with E-state index < -0.39 is 0 Å². The van der Waals surface area contributed by atoms with Gasteiger partial charge in [-0.05, 0) is 33.9 Å². The van der Waals surface area contributed by atoms with Gasteiger partial charge in [0.2, 0.25) is 0 Å². The zero-order chi connectivity index (χ0) is 21.8. The molecule has 0 saturated heterocycles. The van der Waals surface area contributed by atoms with Crippen molar-refractivity contribution in [1.82, 2.24) is 0 Å². The van der Waals surface area contributed by atoms with E-state index >= 15 is 0 Å². The topological polar surface area (TPSA) is 20.2 Å². The fourth-order valence-corrected chi connectivity index (χ4v) is 4.31. The Labute approximate surface area is 186 Å². The molecule has 4 aromatic rings. The van der Waals surface area contributed by atoms with Crippen molar-refractivity contribution in [2.24, 2.45) is 0 Å². The predicted octanol–water partition coefficient (Wildman–Crippen LogP) is 7.85. The summed E-state index contributed by atoms with van der Waals surface area (Å²) in [6, 6.07) is 36.0. The number of phenols is 1. The normalized spacial score (nSPS) is 14.0. The van der Waals surface area contributed by atoms with Gasteiger partial charge in [-0.25, -0.2) is 0 Å². The van der Waals surface area contributed by atoms with Crippen LogP contribution >= 0.6 is 0 Å². The van der Waals surface area contributed by atoms with Crippen molar-refractivity contribution in [1.29, 1.82) is 0 Å². The predicted molar refractivity (Wildman–Crippen MR) is 130 cm³/mol. The monoisotopic (exact) mass is 406 g/mol. The van der Waals surface area contributed by atoms with E-state index in [1.165, 1.54) is 27.8 Å². The van der Waals surface area contributed by atoms with E-state index in [0.717, 1.165) is 5.56 Å². The molecule has 0 aromatic heterocycles. The SMILES string of the molecule is CC(c1ccccc1)c1ccc(C(C)c2cc(C(C)c3ccccc3)ccc2O)cc1. The maximum absolute atomic E-state index is 10.6. The van der Waals surface area contributed by atoms with Gasteiger partial charge in [0, 0.05) is 23.3 Å². The molecular formula is C30H30O. The second kappa shape index (κ2) is 9.22. The van der Waals surface area contributed by atoms with Crippen LogP contribution < -0.4 is 0 Å². The van der Waals surface area contributed by atoms with Crippen LogP contribution in [0.25, 0.3) is 0 Å². The van der Waals surface area contributed by atoms with Crippen LogP contribution in [0.2, 0.25) is 0 Å². The number of benzene rings is 4. The van der Waals surface area contributed by atoms with Crippen LogP contribution in [0.5, 0.6) is 5.75 Å². The molecule has 0 fully saturated rings. The highest BCUT2D eigenvalue weighted by Crippen LogP contribution is 2.35. The molecule has 3 atom stereocenters. The minimum atomic E-state index is 0.115. The molecule has 1 heteroatoms. The molecule has 4 rings (SSSR count). The first-order chi connectivity index (χ1) is 15.0. The molecule has 0 radical (unpaired) electrons. The standard InChI is InChI=1S/C30H30O/c1-21(24-10-6-4-7-11-24)26-14-16-27(17-15-26)23(3)29-20-28(18-19-30(29)31)22(2)25-12-8-5-9-13-25/h4-23,31H,1-3H3. The second-order valence-electron chi connectivity index (χ2n) is 8.47. The maximum Gasteiger partial charge on any atom is 0.119 e. The first-order valence-corrected chi connectivity index (χ1v) is 11.1. The zero-order valence-electron chi connectivity index (χ0n) is 18.5. The summed E-state index contributed by atoms with van der Waals surface area (Å²) < 4.78 is 0. The van der Waals surface area contributed by atoms with Gasteiger partial charge in [0.25, 0.3) is 0 Å². The van der Waals surface area contributed by atoms with Gasteiger partial charge in [-0.2, -0.15) is 0 Å². The van der Waals surface area contributed by atoms with Gasteiger partial charge in [0.05, 0.1) is 0 Å². The summed E-state index contributed by atoms with van der Waals surface area (Å²) in [4.78, 5) is 0. The van der Waals surface area contributed by atoms with Crippen LogP contribution in [0, 0.1) is 0 Å². The van der Waals surface area contributed by atoms with Crippen LogP contribution in [-0.2, 0) is 0 Å². The molecule has 0 amide bonds. The van der Waals surface area contributed by atoms with Crippen LogP contribution in [0.4, 0.5) is 0 Å². The van der Waals surface area contributed by atoms with E-state index in [2.05, 4.69) is 106 Å². The van der Waals surface area contributed by atoms with E-state index in [-0.39, 0.29) is 11.8 Å². The largest absolute Gasteiger partial charge is 0.508 e. The summed E-state index contributed by atoms with van der Waals surface area (Å²) in [5.74, 6) is 1.11. The quantitative estimate of drug-likeness (QED) is 0.346. The Kier molecular flexibility index (Phi) is 6.23. The minimum Gasteiger partial charge on any atom is -0.508 e. The Morgan fingerprint density at radius 1 is 0.452 bits per heavy atom. The van der Waals surface area contributed by atoms with Gasteiger partial charge in [0.15, 0.2) is 0 Å². The molecule has 0 aliphatic heterocycles. The first-order valence-electron chi connectivity index (χ1n) is 11.1. The number of phenolic OH excluding ortho intramolecular Hbond substituents is 1. The summed E-state index contributed by atoms with van der Waals surface area (Å²) >= 11 is 0. The molecule has 0 saturated carbocycles. The average molecular weight is 407 g/mol. The van der Waals surface area contributed by atoms with E-state index in [0.29, 0.717) is 11.7 Å². The van der Waals surface area contributed by atoms with Crippen LogP contribution in [0.15, 0.2) is 103 Å². The van der Waals surface area contributed by atoms with Crippen molar-refractivity contribution >= 4 is 0 Å². The Hall–Kier alpha value is -3.32. The van der Waals surface area contributed by atoms with Crippen molar-refractivity contribution in [2.45, 2.75) is 38.5 Å². The Balaban J connectivity index is 1.58. The third-order valence-electron chi connectivity index (χ3n) is 6.55. The van der Waals surface area contributed by atoms with E-state index in [9.17, 15) is 5.11 Å². The summed E-state index contributed by atoms with van der Waals surface area (Å²) in [7, 11) is 0. The van der Waals surface area contributed by atoms with E-state index in [1.54, 1.807) is 0 Å². The van der Waals surface area contributed by atoms with Gasteiger partial charge in [-0.1, -0.05) is 118 Å². The van der Waals surface area contributed by atoms with Crippen molar-refractivity contribution in [3.8, 4) is 5.75 Å². The van der Waals surface area contributed by atoms with Gasteiger partial charge in [-0.15, -0.1) is 0 Å². The highest BCUT2D eigenvalue weighted by Gasteiger charge is 2.17. The van der Waals surface area contributed by atoms with Crippen molar-refractivity contribution in [3.05, 3.63) is 137 Å². The van der Waals surface area contributed by atoms with Gasteiger partial charge >= 0.3 is 0 Å². The lowest BCUT2D eigenvalue weighted by Crippen LogP contribution is -2.02. The van der Waals surface area contributed by atoms with E-state index in [4.69, 9.17) is 0 Å². The molecule has 0 spiro atoms. The molecule has 0 heterocycles. The molecule has 3 unspecified atom stereocenters. The zero-order valence-corrected chi connectivity index (χ0v) is 18.5. The highest BCUT2D eigenvalue weighted by molar-refractivity contribution is 5.46. The molecule has 156 valence electrons. The van der Waals surface area contributed by atoms with E-state index in [1.807, 2.05) is 18.2 Å². The first kappa shape index (κ1) is 20.9. The van der Waals surface area contributed by atoms with Crippen molar-refractivity contribution in [2.75, 3.05) is 0 Å². The second-order valence-corrected chi connectivity index (χ2v) is 8.47. The fraction of sp³-hybridized carbons (Fsp3) is 0.200. The Morgan fingerprint density at radius 2 is 0.839 bits per heavy atom. The number of aromatic hydroxyl groups is 1. The summed E-state index contributed by atoms with van der Waals surface area (Å²) in [5.41, 5.74) is 7.32. The number of rotatable bonds is 6. The molecule has 0 aliphatic rings. The maximum atomic E-state index is 10.6. The average Bonchev–Trinajstić information content (AvgIpc) is 2.84. The Bertz CT molecular complexity index is 1110. The number of hydrogen-bond donors (Lipinski definition) is 1. The smallest absolute Gasteiger partial charge is 0.119 e. The molecule has 1 N–H and O–H groups in total. The van der Waals surface area contributed by atoms with Crippen molar-refractivity contribution < 1.29 is 5.11 Å². The lowest BCUT2D eigenvalue weighted by molar-refractivity contribution is 0.465. The molecule has 1 nitrogen and oxygen atoms in total. The van der Waals surface area contributed by atoms with Crippen LogP contribution in [-0.4, -0.2) is 5.11 Å². The summed E-state index contributed by atoms with van der Waals surface area (Å²) in [5, 5.41) is 10.6. The highest BCUT2D eigenvalue weighted by atomic mass is 16.3. The molecule has 4 aromatic carbocycles. The minimum absolute atomic E-state index is 0.115. The van der Waals surface area contributed by atoms with Crippen LogP contribution in [0.3, 0.4) is 0 Å². The molecule has 31 heavy (non-hydrogen) atoms. The molecule has 0 bridgehead atoms. The molecular weight excluding hydrogens is 376 g/mol. The number of hydrogen-bond acceptors (Lipinski definition) is 1. The van der Waals surface area contributed by atoms with Gasteiger partial charge in [0.1, 0.15) is 5.75 Å². The van der Waals surface area contributed by atoms with Crippen LogP contribution in [0.1, 0.15) is 71.9 Å².